The fourth-order valence-electron chi connectivity index (χ4n) is 0.934. The lowest BCUT2D eigenvalue weighted by Crippen LogP contribution is -2.33. The molecule has 1 rings (SSSR count). The molecule has 5 N–H and O–H groups in total. The Bertz CT molecular complexity index is 370. The number of nitrogens with two attached hydrogens (primary N) is 2. The highest BCUT2D eigenvalue weighted by atomic mass is 16.2. The Morgan fingerprint density at radius 2 is 2.29 bits per heavy atom. The minimum absolute atomic E-state index is 0.0914. The van der Waals surface area contributed by atoms with Crippen molar-refractivity contribution in [2.45, 2.75) is 0 Å². The summed E-state index contributed by atoms with van der Waals surface area (Å²) in [7, 11) is 1.64. The summed E-state index contributed by atoms with van der Waals surface area (Å²) in [5.74, 6) is -1.13. The van der Waals surface area contributed by atoms with Crippen LogP contribution in [0.5, 0.6) is 0 Å². The van der Waals surface area contributed by atoms with Crippen molar-refractivity contribution in [3.63, 3.8) is 0 Å². The fraction of sp³-hybridized carbons (Fsp3) is 0.286. The molecule has 2 amide bonds. The van der Waals surface area contributed by atoms with E-state index in [1.807, 2.05) is 0 Å². The van der Waals surface area contributed by atoms with Crippen LogP contribution in [0.25, 0.3) is 0 Å². The van der Waals surface area contributed by atoms with Crippen LogP contribution in [-0.4, -0.2) is 28.1 Å². The molecule has 0 bridgehead atoms. The predicted molar refractivity (Wildman–Crippen MR) is 49.1 cm³/mol. The van der Waals surface area contributed by atoms with Gasteiger partial charge in [-0.05, 0) is 0 Å². The number of nitrogens with one attached hydrogen (secondary N) is 1. The van der Waals surface area contributed by atoms with E-state index in [4.69, 9.17) is 11.5 Å². The van der Waals surface area contributed by atoms with Crippen LogP contribution < -0.4 is 16.8 Å². The van der Waals surface area contributed by atoms with Gasteiger partial charge in [0, 0.05) is 13.2 Å². The van der Waals surface area contributed by atoms with Gasteiger partial charge in [-0.3, -0.25) is 14.3 Å². The molecule has 7 nitrogen and oxygen atoms in total. The van der Waals surface area contributed by atoms with E-state index < -0.39 is 11.8 Å². The average molecular weight is 197 g/mol. The van der Waals surface area contributed by atoms with E-state index in [-0.39, 0.29) is 17.9 Å². The first kappa shape index (κ1) is 10.0. The van der Waals surface area contributed by atoms with Gasteiger partial charge in [0.25, 0.3) is 5.91 Å². The third kappa shape index (κ3) is 2.22. The molecule has 1 heterocycles. The standard InChI is InChI=1S/C7H11N5O2/c1-12-3-4(8)6(11-12)7(14)10-2-5(9)13/h3H,2,8H2,1H3,(H2,9,13)(H,10,14). The van der Waals surface area contributed by atoms with E-state index in [9.17, 15) is 9.59 Å². The number of rotatable bonds is 3. The Labute approximate surface area is 80.1 Å². The highest BCUT2D eigenvalue weighted by Gasteiger charge is 2.13. The molecule has 14 heavy (non-hydrogen) atoms. The molecule has 0 atom stereocenters. The molecule has 0 aliphatic carbocycles. The van der Waals surface area contributed by atoms with Crippen molar-refractivity contribution in [2.75, 3.05) is 12.3 Å². The van der Waals surface area contributed by atoms with Crippen LogP contribution in [0.2, 0.25) is 0 Å². The summed E-state index contributed by atoms with van der Waals surface area (Å²) in [6.45, 7) is -0.227. The van der Waals surface area contributed by atoms with Gasteiger partial charge in [-0.15, -0.1) is 0 Å². The van der Waals surface area contributed by atoms with Gasteiger partial charge in [0.05, 0.1) is 12.2 Å². The molecule has 1 aromatic heterocycles. The number of aromatic nitrogens is 2. The zero-order valence-electron chi connectivity index (χ0n) is 7.65. The highest BCUT2D eigenvalue weighted by Crippen LogP contribution is 2.06. The molecule has 0 aliphatic rings. The molecule has 7 heteroatoms. The lowest BCUT2D eigenvalue weighted by Gasteiger charge is -1.99. The Morgan fingerprint density at radius 3 is 2.71 bits per heavy atom. The first-order chi connectivity index (χ1) is 6.50. The van der Waals surface area contributed by atoms with Gasteiger partial charge < -0.3 is 16.8 Å². The summed E-state index contributed by atoms with van der Waals surface area (Å²) in [5, 5.41) is 6.10. The van der Waals surface area contributed by atoms with Crippen LogP contribution in [0.1, 0.15) is 10.5 Å². The molecule has 0 unspecified atom stereocenters. The predicted octanol–water partition coefficient (Wildman–Crippen LogP) is -1.78. The average Bonchev–Trinajstić information content (AvgIpc) is 2.41. The molecule has 0 fully saturated rings. The number of hydrogen-bond acceptors (Lipinski definition) is 4. The largest absolute Gasteiger partial charge is 0.396 e. The van der Waals surface area contributed by atoms with Gasteiger partial charge in [-0.1, -0.05) is 0 Å². The Balaban J connectivity index is 2.69. The fourth-order valence-corrected chi connectivity index (χ4v) is 0.934. The Hall–Kier alpha value is -2.05. The zero-order chi connectivity index (χ0) is 10.7. The van der Waals surface area contributed by atoms with E-state index in [0.29, 0.717) is 0 Å². The maximum atomic E-state index is 11.3. The summed E-state index contributed by atoms with van der Waals surface area (Å²) in [5.41, 5.74) is 10.7. The Morgan fingerprint density at radius 1 is 1.64 bits per heavy atom. The first-order valence-corrected chi connectivity index (χ1v) is 3.86. The second-order valence-corrected chi connectivity index (χ2v) is 2.76. The lowest BCUT2D eigenvalue weighted by atomic mass is 10.3. The molecule has 0 saturated heterocycles. The first-order valence-electron chi connectivity index (χ1n) is 3.86. The molecule has 0 radical (unpaired) electrons. The molecule has 0 aliphatic heterocycles. The summed E-state index contributed by atoms with van der Waals surface area (Å²) in [6.07, 6.45) is 1.50. The third-order valence-electron chi connectivity index (χ3n) is 1.50. The van der Waals surface area contributed by atoms with Crippen LogP contribution in [-0.2, 0) is 11.8 Å². The van der Waals surface area contributed by atoms with Crippen molar-refractivity contribution in [2.24, 2.45) is 12.8 Å². The van der Waals surface area contributed by atoms with Crippen molar-refractivity contribution in [3.05, 3.63) is 11.9 Å². The smallest absolute Gasteiger partial charge is 0.274 e. The van der Waals surface area contributed by atoms with Gasteiger partial charge in [-0.2, -0.15) is 5.10 Å². The molecular formula is C7H11N5O2. The molecule has 0 saturated carbocycles. The Kier molecular flexibility index (Phi) is 2.70. The lowest BCUT2D eigenvalue weighted by molar-refractivity contribution is -0.117. The minimum atomic E-state index is -0.618. The molecule has 76 valence electrons. The van der Waals surface area contributed by atoms with Crippen LogP contribution in [0.4, 0.5) is 5.69 Å². The van der Waals surface area contributed by atoms with Crippen LogP contribution in [0.3, 0.4) is 0 Å². The van der Waals surface area contributed by atoms with Crippen molar-refractivity contribution in [1.29, 1.82) is 0 Å². The monoisotopic (exact) mass is 197 g/mol. The van der Waals surface area contributed by atoms with Crippen LogP contribution >= 0.6 is 0 Å². The normalized spacial score (nSPS) is 9.79. The number of carbonyl (C=O) groups is 2. The van der Waals surface area contributed by atoms with Gasteiger partial charge in [0.2, 0.25) is 5.91 Å². The highest BCUT2D eigenvalue weighted by molar-refractivity contribution is 5.98. The van der Waals surface area contributed by atoms with Gasteiger partial charge >= 0.3 is 0 Å². The number of primary amides is 1. The maximum Gasteiger partial charge on any atom is 0.274 e. The summed E-state index contributed by atoms with van der Waals surface area (Å²) in [6, 6.07) is 0. The molecule has 0 spiro atoms. The van der Waals surface area contributed by atoms with Gasteiger partial charge in [0.15, 0.2) is 5.69 Å². The summed E-state index contributed by atoms with van der Waals surface area (Å²) < 4.78 is 1.41. The van der Waals surface area contributed by atoms with Crippen molar-refractivity contribution >= 4 is 17.5 Å². The topological polar surface area (TPSA) is 116 Å². The number of anilines is 1. The number of nitrogens with zero attached hydrogens (tertiary/aromatic N) is 2. The summed E-state index contributed by atoms with van der Waals surface area (Å²) in [4.78, 5) is 21.7. The number of amides is 2. The van der Waals surface area contributed by atoms with Crippen LogP contribution in [0, 0.1) is 0 Å². The van der Waals surface area contributed by atoms with E-state index in [0.717, 1.165) is 0 Å². The second-order valence-electron chi connectivity index (χ2n) is 2.76. The van der Waals surface area contributed by atoms with Gasteiger partial charge in [0.1, 0.15) is 0 Å². The summed E-state index contributed by atoms with van der Waals surface area (Å²) >= 11 is 0. The molecular weight excluding hydrogens is 186 g/mol. The third-order valence-corrected chi connectivity index (χ3v) is 1.50. The number of aryl methyl sites for hydroxylation is 1. The van der Waals surface area contributed by atoms with Crippen LogP contribution in [0.15, 0.2) is 6.20 Å². The van der Waals surface area contributed by atoms with Gasteiger partial charge in [-0.25, -0.2) is 0 Å². The zero-order valence-corrected chi connectivity index (χ0v) is 7.65. The molecule has 0 aromatic carbocycles. The number of nitrogen functional groups attached to an aromatic ring is 1. The maximum absolute atomic E-state index is 11.3. The quantitative estimate of drug-likeness (QED) is 0.531. The van der Waals surface area contributed by atoms with E-state index in [1.165, 1.54) is 10.9 Å². The second kappa shape index (κ2) is 3.77. The van der Waals surface area contributed by atoms with E-state index in [2.05, 4.69) is 10.4 Å². The van der Waals surface area contributed by atoms with Crippen molar-refractivity contribution < 1.29 is 9.59 Å². The SMILES string of the molecule is Cn1cc(N)c(C(=O)NCC(N)=O)n1. The van der Waals surface area contributed by atoms with E-state index >= 15 is 0 Å². The molecule has 1 aromatic rings. The van der Waals surface area contributed by atoms with E-state index in [1.54, 1.807) is 7.05 Å². The van der Waals surface area contributed by atoms with Crippen molar-refractivity contribution in [1.82, 2.24) is 15.1 Å². The number of carbonyl (C=O) groups excluding carboxylic acids is 2. The number of hydrogen-bond donors (Lipinski definition) is 3. The van der Waals surface area contributed by atoms with Crippen molar-refractivity contribution in [3.8, 4) is 0 Å². The minimum Gasteiger partial charge on any atom is -0.396 e.